The molecular formula is C62H115NO5. The van der Waals surface area contributed by atoms with E-state index in [0.717, 1.165) is 51.4 Å². The van der Waals surface area contributed by atoms with Crippen molar-refractivity contribution in [1.29, 1.82) is 0 Å². The van der Waals surface area contributed by atoms with Gasteiger partial charge in [-0.15, -0.1) is 0 Å². The number of allylic oxidation sites excluding steroid dienone is 7. The van der Waals surface area contributed by atoms with Crippen molar-refractivity contribution in [2.75, 3.05) is 13.2 Å². The molecule has 0 fully saturated rings. The first-order valence-corrected chi connectivity index (χ1v) is 29.9. The Morgan fingerprint density at radius 3 is 1.15 bits per heavy atom. The number of rotatable bonds is 55. The Labute approximate surface area is 423 Å². The molecule has 2 unspecified atom stereocenters. The Hall–Kier alpha value is -2.18. The lowest BCUT2D eigenvalue weighted by molar-refractivity contribution is -0.143. The molecule has 3 N–H and O–H groups in total. The van der Waals surface area contributed by atoms with E-state index in [0.29, 0.717) is 19.4 Å². The smallest absolute Gasteiger partial charge is 0.305 e. The third-order valence-electron chi connectivity index (χ3n) is 13.6. The molecule has 0 saturated carbocycles. The summed E-state index contributed by atoms with van der Waals surface area (Å²) in [5, 5.41) is 22.9. The Balaban J connectivity index is 3.40. The van der Waals surface area contributed by atoms with E-state index >= 15 is 0 Å². The van der Waals surface area contributed by atoms with E-state index in [1.165, 1.54) is 231 Å². The fraction of sp³-hybridized carbons (Fsp3) is 0.839. The van der Waals surface area contributed by atoms with Crippen molar-refractivity contribution in [2.24, 2.45) is 0 Å². The van der Waals surface area contributed by atoms with Crippen molar-refractivity contribution in [2.45, 2.75) is 321 Å². The van der Waals surface area contributed by atoms with Crippen LogP contribution in [0.2, 0.25) is 0 Å². The minimum Gasteiger partial charge on any atom is -0.466 e. The summed E-state index contributed by atoms with van der Waals surface area (Å²) >= 11 is 0. The summed E-state index contributed by atoms with van der Waals surface area (Å²) < 4.78 is 5.47. The van der Waals surface area contributed by atoms with Gasteiger partial charge >= 0.3 is 5.97 Å². The molecule has 2 atom stereocenters. The number of hydrogen-bond acceptors (Lipinski definition) is 5. The van der Waals surface area contributed by atoms with Crippen LogP contribution in [0.25, 0.3) is 0 Å². The predicted molar refractivity (Wildman–Crippen MR) is 296 cm³/mol. The minimum atomic E-state index is -0.843. The normalized spacial score (nSPS) is 12.9. The lowest BCUT2D eigenvalue weighted by Gasteiger charge is -2.20. The maximum Gasteiger partial charge on any atom is 0.305 e. The van der Waals surface area contributed by atoms with Crippen molar-refractivity contribution in [3.63, 3.8) is 0 Å². The Morgan fingerprint density at radius 1 is 0.412 bits per heavy atom. The topological polar surface area (TPSA) is 95.9 Å². The van der Waals surface area contributed by atoms with E-state index in [1.807, 2.05) is 6.08 Å². The molecule has 0 rings (SSSR count). The minimum absolute atomic E-state index is 0.00177. The van der Waals surface area contributed by atoms with Crippen LogP contribution < -0.4 is 5.32 Å². The van der Waals surface area contributed by atoms with Crippen LogP contribution in [0.1, 0.15) is 309 Å². The number of aliphatic hydroxyl groups excluding tert-OH is 2. The highest BCUT2D eigenvalue weighted by atomic mass is 16.5. The van der Waals surface area contributed by atoms with Crippen molar-refractivity contribution in [1.82, 2.24) is 5.32 Å². The second kappa shape index (κ2) is 57.4. The highest BCUT2D eigenvalue weighted by Crippen LogP contribution is 2.16. The average molecular weight is 955 g/mol. The van der Waals surface area contributed by atoms with Gasteiger partial charge in [0.15, 0.2) is 0 Å². The number of carbonyl (C=O) groups excluding carboxylic acids is 2. The molecule has 0 aromatic carbocycles. The van der Waals surface area contributed by atoms with E-state index < -0.39 is 12.1 Å². The van der Waals surface area contributed by atoms with Crippen LogP contribution in [0.4, 0.5) is 0 Å². The van der Waals surface area contributed by atoms with E-state index in [-0.39, 0.29) is 18.5 Å². The van der Waals surface area contributed by atoms with Gasteiger partial charge in [0.2, 0.25) is 5.91 Å². The molecule has 0 aromatic rings. The number of nitrogens with one attached hydrogen (secondary N) is 1. The molecule has 0 aromatic heterocycles. The SMILES string of the molecule is CCCCCC/C=C\CCCCCCCC(=O)OCCCCCCCCCCC/C=C\C/C=C\CCCCCCCCCCCCCCCC(=O)NC(CO)C(O)/C=C/CCCCCCCCC. The first-order chi connectivity index (χ1) is 33.5. The van der Waals surface area contributed by atoms with Crippen LogP contribution in [0.5, 0.6) is 0 Å². The number of carbonyl (C=O) groups is 2. The van der Waals surface area contributed by atoms with Gasteiger partial charge in [-0.1, -0.05) is 255 Å². The number of ether oxygens (including phenoxy) is 1. The number of amides is 1. The van der Waals surface area contributed by atoms with Gasteiger partial charge < -0.3 is 20.3 Å². The van der Waals surface area contributed by atoms with Gasteiger partial charge in [0.05, 0.1) is 25.4 Å². The molecule has 398 valence electrons. The zero-order valence-corrected chi connectivity index (χ0v) is 45.3. The first-order valence-electron chi connectivity index (χ1n) is 29.9. The summed E-state index contributed by atoms with van der Waals surface area (Å²) in [5.74, 6) is -0.0702. The van der Waals surface area contributed by atoms with Crippen LogP contribution in [-0.4, -0.2) is 47.4 Å². The molecular weight excluding hydrogens is 839 g/mol. The van der Waals surface area contributed by atoms with E-state index in [2.05, 4.69) is 55.6 Å². The third kappa shape index (κ3) is 53.2. The largest absolute Gasteiger partial charge is 0.466 e. The summed E-state index contributed by atoms with van der Waals surface area (Å²) in [5.41, 5.74) is 0. The quantitative estimate of drug-likeness (QED) is 0.0321. The number of hydrogen-bond donors (Lipinski definition) is 3. The van der Waals surface area contributed by atoms with Crippen molar-refractivity contribution in [3.05, 3.63) is 48.6 Å². The highest BCUT2D eigenvalue weighted by molar-refractivity contribution is 5.76. The Morgan fingerprint density at radius 2 is 0.735 bits per heavy atom. The molecule has 0 aliphatic heterocycles. The van der Waals surface area contributed by atoms with E-state index in [4.69, 9.17) is 4.74 Å². The fourth-order valence-corrected chi connectivity index (χ4v) is 8.95. The van der Waals surface area contributed by atoms with Crippen molar-refractivity contribution < 1.29 is 24.5 Å². The van der Waals surface area contributed by atoms with Gasteiger partial charge in [-0.05, 0) is 89.9 Å². The van der Waals surface area contributed by atoms with E-state index in [1.54, 1.807) is 6.08 Å². The van der Waals surface area contributed by atoms with Crippen LogP contribution in [0, 0.1) is 0 Å². The van der Waals surface area contributed by atoms with Crippen molar-refractivity contribution in [3.8, 4) is 0 Å². The highest BCUT2D eigenvalue weighted by Gasteiger charge is 2.18. The Bertz CT molecular complexity index is 1150. The molecule has 0 heterocycles. The van der Waals surface area contributed by atoms with Gasteiger partial charge in [-0.3, -0.25) is 9.59 Å². The third-order valence-corrected chi connectivity index (χ3v) is 13.6. The van der Waals surface area contributed by atoms with E-state index in [9.17, 15) is 19.8 Å². The average Bonchev–Trinajstić information content (AvgIpc) is 3.34. The van der Waals surface area contributed by atoms with Gasteiger partial charge in [0.25, 0.3) is 0 Å². The zero-order chi connectivity index (χ0) is 49.3. The first kappa shape index (κ1) is 65.8. The second-order valence-corrected chi connectivity index (χ2v) is 20.3. The molecule has 68 heavy (non-hydrogen) atoms. The van der Waals surface area contributed by atoms with Crippen LogP contribution >= 0.6 is 0 Å². The maximum absolute atomic E-state index is 12.4. The lowest BCUT2D eigenvalue weighted by Crippen LogP contribution is -2.45. The van der Waals surface area contributed by atoms with Crippen LogP contribution in [0.3, 0.4) is 0 Å². The van der Waals surface area contributed by atoms with Gasteiger partial charge in [0.1, 0.15) is 0 Å². The monoisotopic (exact) mass is 954 g/mol. The molecule has 0 aliphatic carbocycles. The molecule has 0 saturated heterocycles. The summed E-state index contributed by atoms with van der Waals surface area (Å²) in [6.45, 7) is 4.85. The number of esters is 1. The zero-order valence-electron chi connectivity index (χ0n) is 45.3. The summed E-state index contributed by atoms with van der Waals surface area (Å²) in [7, 11) is 0. The molecule has 0 aliphatic rings. The molecule has 6 nitrogen and oxygen atoms in total. The fourth-order valence-electron chi connectivity index (χ4n) is 8.95. The second-order valence-electron chi connectivity index (χ2n) is 20.3. The van der Waals surface area contributed by atoms with Gasteiger partial charge in [-0.2, -0.15) is 0 Å². The predicted octanol–water partition coefficient (Wildman–Crippen LogP) is 18.6. The molecule has 0 spiro atoms. The molecule has 0 bridgehead atoms. The Kier molecular flexibility index (Phi) is 55.6. The van der Waals surface area contributed by atoms with Gasteiger partial charge in [0, 0.05) is 12.8 Å². The van der Waals surface area contributed by atoms with Gasteiger partial charge in [-0.25, -0.2) is 0 Å². The van der Waals surface area contributed by atoms with Crippen LogP contribution in [0.15, 0.2) is 48.6 Å². The number of aliphatic hydroxyl groups is 2. The lowest BCUT2D eigenvalue weighted by atomic mass is 10.0. The summed E-state index contributed by atoms with van der Waals surface area (Å²) in [4.78, 5) is 24.4. The molecule has 1 amide bonds. The summed E-state index contributed by atoms with van der Waals surface area (Å²) in [6.07, 6.45) is 73.0. The molecule has 6 heteroatoms. The molecule has 0 radical (unpaired) electrons. The summed E-state index contributed by atoms with van der Waals surface area (Å²) in [6, 6.07) is -0.627. The standard InChI is InChI=1S/C62H115NO5/c1-3-5-7-9-11-13-14-32-36-40-44-48-52-56-62(67)68-57-53-49-45-41-37-34-31-29-27-25-23-21-19-17-15-16-18-20-22-24-26-28-30-33-35-39-43-47-51-55-61(66)63-59(58-64)60(65)54-50-46-42-38-12-10-8-6-4-2/h13-15,17,21,23,50,54,59-60,64-65H,3-12,16,18-20,22,24-49,51-53,55-58H2,1-2H3,(H,63,66)/b14-13-,17-15-,23-21-,54-50+. The van der Waals surface area contributed by atoms with Crippen LogP contribution in [-0.2, 0) is 14.3 Å². The number of unbranched alkanes of at least 4 members (excludes halogenated alkanes) is 38. The van der Waals surface area contributed by atoms with Crippen molar-refractivity contribution >= 4 is 11.9 Å². The maximum atomic E-state index is 12.4.